The number of aliphatic hydroxyl groups excluding tert-OH is 2. The molecule has 340 valence electrons. The second-order valence-electron chi connectivity index (χ2n) is 17.6. The first-order valence-electron chi connectivity index (χ1n) is 23.1. The van der Waals surface area contributed by atoms with Gasteiger partial charge in [0.05, 0.1) is 46.7 Å². The Hall–Kier alpha value is -9.21. The fraction of sp³-hybridized carbons (Fsp3) is 0.0656. The van der Waals surface area contributed by atoms with Gasteiger partial charge in [-0.3, -0.25) is 4.79 Å². The number of phenolic OH excluding ortho intramolecular Hbond substituents is 2. The lowest BCUT2D eigenvalue weighted by Crippen LogP contribution is -2.27. The molecule has 0 radical (unpaired) electrons. The zero-order chi connectivity index (χ0) is 48.0. The fourth-order valence-corrected chi connectivity index (χ4v) is 9.59. The summed E-state index contributed by atoms with van der Waals surface area (Å²) in [5.74, 6) is -2.45. The lowest BCUT2D eigenvalue weighted by Gasteiger charge is -2.29. The number of hydrogen-bond donors (Lipinski definition) is 4. The van der Waals surface area contributed by atoms with Gasteiger partial charge in [-0.1, -0.05) is 109 Å². The van der Waals surface area contributed by atoms with Crippen LogP contribution in [0.5, 0.6) is 11.5 Å². The summed E-state index contributed by atoms with van der Waals surface area (Å²) in [5, 5.41) is 55.9. The number of fused-ring (bicyclic) bond motifs is 4. The van der Waals surface area contributed by atoms with Gasteiger partial charge in [0, 0.05) is 54.2 Å². The van der Waals surface area contributed by atoms with Crippen LogP contribution in [0, 0.1) is 0 Å². The van der Waals surface area contributed by atoms with Crippen molar-refractivity contribution in [1.82, 2.24) is 4.58 Å². The highest BCUT2D eigenvalue weighted by Gasteiger charge is 2.43. The lowest BCUT2D eigenvalue weighted by atomic mass is 9.78. The van der Waals surface area contributed by atoms with Gasteiger partial charge in [-0.2, -0.15) is 4.58 Å². The van der Waals surface area contributed by atoms with E-state index >= 15 is 0 Å². The van der Waals surface area contributed by atoms with Crippen molar-refractivity contribution in [1.29, 1.82) is 0 Å². The number of aromatic hydroxyl groups is 2. The van der Waals surface area contributed by atoms with Crippen LogP contribution in [0.25, 0.3) is 48.7 Å². The molecule has 0 fully saturated rings. The van der Waals surface area contributed by atoms with E-state index in [9.17, 15) is 30.0 Å². The number of carbonyl (C=O) groups excluding carboxylic acids is 2. The molecule has 9 nitrogen and oxygen atoms in total. The molecular weight excluding hydrogens is 873 g/mol. The Balaban J connectivity index is 1.04. The number of allylic oxidation sites excluding steroid dienone is 4. The molecule has 0 unspecified atom stereocenters. The van der Waals surface area contributed by atoms with Gasteiger partial charge in [0.15, 0.2) is 0 Å². The van der Waals surface area contributed by atoms with E-state index in [1.807, 2.05) is 167 Å². The molecule has 9 aromatic rings. The Labute approximate surface area is 403 Å². The second-order valence-corrected chi connectivity index (χ2v) is 17.6. The van der Waals surface area contributed by atoms with Gasteiger partial charge in [0.1, 0.15) is 34.6 Å². The predicted molar refractivity (Wildman–Crippen MR) is 280 cm³/mol. The van der Waals surface area contributed by atoms with Crippen LogP contribution in [0.4, 0.5) is 28.4 Å². The molecule has 2 aliphatic rings. The number of Topliss-reactive ketones (excluding diaryl/α,β-unsaturated/α-hetero) is 2. The highest BCUT2D eigenvalue weighted by Crippen LogP contribution is 2.50. The second kappa shape index (κ2) is 17.8. The molecule has 0 saturated carbocycles. The molecule has 0 aliphatic heterocycles. The first-order chi connectivity index (χ1) is 34.1. The maximum Gasteiger partial charge on any atom is 0.219 e. The first-order valence-corrected chi connectivity index (χ1v) is 23.1. The van der Waals surface area contributed by atoms with Crippen molar-refractivity contribution in [2.24, 2.45) is 0 Å². The van der Waals surface area contributed by atoms with Crippen molar-refractivity contribution in [3.05, 3.63) is 228 Å². The molecule has 11 rings (SSSR count). The minimum Gasteiger partial charge on any atom is -0.507 e. The molecule has 0 amide bonds. The van der Waals surface area contributed by atoms with Crippen LogP contribution in [0.3, 0.4) is 0 Å². The van der Waals surface area contributed by atoms with Crippen LogP contribution in [0.15, 0.2) is 223 Å². The van der Waals surface area contributed by atoms with Crippen LogP contribution in [-0.4, -0.2) is 44.3 Å². The summed E-state index contributed by atoms with van der Waals surface area (Å²) < 4.78 is 8.33. The minimum atomic E-state index is -0.727. The fourth-order valence-electron chi connectivity index (χ4n) is 9.59. The van der Waals surface area contributed by atoms with E-state index in [1.54, 1.807) is 6.08 Å². The average molecular weight is 918 g/mol. The van der Waals surface area contributed by atoms with Gasteiger partial charge in [-0.25, -0.2) is 0 Å². The van der Waals surface area contributed by atoms with Crippen molar-refractivity contribution in [2.45, 2.75) is 19.8 Å². The van der Waals surface area contributed by atoms with Crippen LogP contribution in [0.1, 0.15) is 25.3 Å². The minimum absolute atomic E-state index is 0.0174. The van der Waals surface area contributed by atoms with E-state index in [4.69, 9.17) is 4.74 Å². The van der Waals surface area contributed by atoms with E-state index in [0.717, 1.165) is 65.8 Å². The summed E-state index contributed by atoms with van der Waals surface area (Å²) in [6.45, 7) is 1.56. The Bertz CT molecular complexity index is 3650. The number of benzene rings is 9. The third-order valence-corrected chi connectivity index (χ3v) is 13.0. The molecule has 9 aromatic carbocycles. The van der Waals surface area contributed by atoms with Crippen molar-refractivity contribution >= 4 is 94.4 Å². The van der Waals surface area contributed by atoms with E-state index in [2.05, 4.69) is 12.1 Å². The number of hydrogen-bond acceptors (Lipinski definition) is 8. The maximum absolute atomic E-state index is 14.5. The predicted octanol–water partition coefficient (Wildman–Crippen LogP) is 14.0. The average Bonchev–Trinajstić information content (AvgIpc) is 3.37. The SMILES string of the molecule is CC(=O)CCCOC1=CC(=[N+](c2ccc3ccccc3c2)c2ccc3ccccc3c2)C=C(O)/C1=C1\C(=O)C(c2c(O)cc(N(c3ccc4ccccc4c3)c3ccc4ccccc4c3)cc2O)=C1O. The standard InChI is InChI=1S/C61H44N2O7/c1-37(64)11-10-28-70-55-36-51(63(48-26-22-40-14-4-8-18-44(40)31-48)49-27-23-41-15-5-9-19-45(41)32-49)35-54(67)57(55)59-60(68)58(61(59)69)56-52(65)33-50(34-53(56)66)62(46-24-20-38-12-2-6-16-42(38)29-46)47-25-21-39-13-3-7-17-43(39)30-47/h2-9,12-27,29-36H,10-11,28H2,1H3,(H3,65,66,67,68,69)/p+1. The number of anilines is 3. The molecule has 4 N–H and O–H groups in total. The number of ether oxygens (including phenoxy) is 1. The summed E-state index contributed by atoms with van der Waals surface area (Å²) in [6, 6.07) is 59.1. The Morgan fingerprint density at radius 1 is 0.514 bits per heavy atom. The molecule has 70 heavy (non-hydrogen) atoms. The zero-order valence-corrected chi connectivity index (χ0v) is 38.0. The smallest absolute Gasteiger partial charge is 0.219 e. The summed E-state index contributed by atoms with van der Waals surface area (Å²) in [5.41, 5.74) is 3.09. The molecule has 0 heterocycles. The van der Waals surface area contributed by atoms with Gasteiger partial charge in [0.25, 0.3) is 0 Å². The molecular formula is C61H45N2O7+. The molecule has 2 aliphatic carbocycles. The third-order valence-electron chi connectivity index (χ3n) is 13.0. The van der Waals surface area contributed by atoms with Gasteiger partial charge in [0.2, 0.25) is 22.9 Å². The number of nitrogens with zero attached hydrogens (tertiary/aromatic N) is 2. The quantitative estimate of drug-likeness (QED) is 0.0573. The Morgan fingerprint density at radius 3 is 1.44 bits per heavy atom. The van der Waals surface area contributed by atoms with Crippen LogP contribution < -0.4 is 9.48 Å². The van der Waals surface area contributed by atoms with Gasteiger partial charge < -0.3 is 34.9 Å². The highest BCUT2D eigenvalue weighted by atomic mass is 16.5. The van der Waals surface area contributed by atoms with Crippen molar-refractivity contribution < 1.29 is 34.8 Å². The molecule has 0 saturated heterocycles. The first kappa shape index (κ1) is 43.4. The number of rotatable bonds is 11. The van der Waals surface area contributed by atoms with Crippen LogP contribution >= 0.6 is 0 Å². The summed E-state index contributed by atoms with van der Waals surface area (Å²) in [6.07, 6.45) is 3.83. The largest absolute Gasteiger partial charge is 0.507 e. The van der Waals surface area contributed by atoms with Crippen molar-refractivity contribution in [3.63, 3.8) is 0 Å². The molecule has 0 spiro atoms. The summed E-state index contributed by atoms with van der Waals surface area (Å²) in [7, 11) is 0. The van der Waals surface area contributed by atoms with Gasteiger partial charge >= 0.3 is 0 Å². The zero-order valence-electron chi connectivity index (χ0n) is 38.0. The van der Waals surface area contributed by atoms with Gasteiger partial charge in [-0.05, 0) is 92.8 Å². The monoisotopic (exact) mass is 917 g/mol. The van der Waals surface area contributed by atoms with Crippen LogP contribution in [-0.2, 0) is 14.3 Å². The molecule has 0 bridgehead atoms. The molecule has 0 atom stereocenters. The Kier molecular flexibility index (Phi) is 11.0. The van der Waals surface area contributed by atoms with E-state index in [1.165, 1.54) is 25.1 Å². The topological polar surface area (TPSA) is 131 Å². The van der Waals surface area contributed by atoms with E-state index < -0.39 is 23.0 Å². The number of ketones is 2. The molecule has 0 aromatic heterocycles. The normalized spacial score (nSPS) is 14.8. The molecule has 9 heteroatoms. The maximum atomic E-state index is 14.5. The number of aliphatic hydroxyl groups is 2. The highest BCUT2D eigenvalue weighted by molar-refractivity contribution is 6.40. The van der Waals surface area contributed by atoms with Gasteiger partial charge in [-0.15, -0.1) is 0 Å². The van der Waals surface area contributed by atoms with Crippen molar-refractivity contribution in [3.8, 4) is 11.5 Å². The summed E-state index contributed by atoms with van der Waals surface area (Å²) in [4.78, 5) is 28.4. The summed E-state index contributed by atoms with van der Waals surface area (Å²) >= 11 is 0. The van der Waals surface area contributed by atoms with E-state index in [-0.39, 0.29) is 52.6 Å². The van der Waals surface area contributed by atoms with Crippen LogP contribution in [0.2, 0.25) is 0 Å². The Morgan fingerprint density at radius 2 is 0.971 bits per heavy atom. The van der Waals surface area contributed by atoms with E-state index in [0.29, 0.717) is 17.8 Å². The van der Waals surface area contributed by atoms with Crippen molar-refractivity contribution in [2.75, 3.05) is 11.5 Å². The number of phenols is 2. The third kappa shape index (κ3) is 7.89. The lowest BCUT2D eigenvalue weighted by molar-refractivity contribution is -0.117. The number of carbonyl (C=O) groups is 2.